The third-order valence-electron chi connectivity index (χ3n) is 2.78. The summed E-state index contributed by atoms with van der Waals surface area (Å²) in [5, 5.41) is 3.36. The van der Waals surface area contributed by atoms with Crippen LogP contribution in [0.5, 0.6) is 0 Å². The summed E-state index contributed by atoms with van der Waals surface area (Å²) < 4.78 is 25.9. The molecule has 1 aliphatic carbocycles. The van der Waals surface area contributed by atoms with Gasteiger partial charge in [0, 0.05) is 12.2 Å². The number of pyridine rings is 1. The molecule has 0 spiro atoms. The average Bonchev–Trinajstić information content (AvgIpc) is 3.13. The van der Waals surface area contributed by atoms with Gasteiger partial charge in [0.05, 0.1) is 5.75 Å². The zero-order valence-corrected chi connectivity index (χ0v) is 11.1. The molecule has 1 aromatic heterocycles. The lowest BCUT2D eigenvalue weighted by atomic mass is 10.3. The fourth-order valence-corrected chi connectivity index (χ4v) is 2.77. The van der Waals surface area contributed by atoms with Crippen LogP contribution in [0.1, 0.15) is 25.7 Å². The largest absolute Gasteiger partial charge is 0.314 e. The van der Waals surface area contributed by atoms with Crippen molar-refractivity contribution in [2.24, 2.45) is 0 Å². The molecule has 0 aromatic carbocycles. The van der Waals surface area contributed by atoms with Crippen LogP contribution < -0.4 is 10.0 Å². The predicted octanol–water partition coefficient (Wildman–Crippen LogP) is 1.36. The Labute approximate surface area is 108 Å². The first-order valence-electron chi connectivity index (χ1n) is 6.31. The van der Waals surface area contributed by atoms with Crippen LogP contribution in [-0.4, -0.2) is 31.7 Å². The molecule has 1 heterocycles. The van der Waals surface area contributed by atoms with E-state index < -0.39 is 10.0 Å². The summed E-state index contributed by atoms with van der Waals surface area (Å²) in [5.74, 6) is 0.532. The zero-order valence-electron chi connectivity index (χ0n) is 10.3. The van der Waals surface area contributed by atoms with Gasteiger partial charge in [-0.3, -0.25) is 4.72 Å². The topological polar surface area (TPSA) is 71.1 Å². The van der Waals surface area contributed by atoms with E-state index in [9.17, 15) is 8.42 Å². The van der Waals surface area contributed by atoms with E-state index in [-0.39, 0.29) is 5.75 Å². The minimum absolute atomic E-state index is 0.149. The van der Waals surface area contributed by atoms with Gasteiger partial charge in [-0.05, 0) is 44.4 Å². The summed E-state index contributed by atoms with van der Waals surface area (Å²) in [4.78, 5) is 3.94. The van der Waals surface area contributed by atoms with Crippen LogP contribution in [0.4, 0.5) is 5.82 Å². The van der Waals surface area contributed by atoms with Gasteiger partial charge in [-0.15, -0.1) is 0 Å². The Hall–Kier alpha value is -1.14. The summed E-state index contributed by atoms with van der Waals surface area (Å²) in [6, 6.07) is 5.84. The van der Waals surface area contributed by atoms with E-state index in [1.807, 2.05) is 0 Å². The number of rotatable bonds is 8. The van der Waals surface area contributed by atoms with Crippen LogP contribution in [0.15, 0.2) is 24.4 Å². The predicted molar refractivity (Wildman–Crippen MR) is 71.9 cm³/mol. The van der Waals surface area contributed by atoms with E-state index in [1.165, 1.54) is 12.8 Å². The number of aromatic nitrogens is 1. The molecule has 0 saturated heterocycles. The van der Waals surface area contributed by atoms with Crippen LogP contribution in [-0.2, 0) is 10.0 Å². The Balaban J connectivity index is 1.66. The number of nitrogens with one attached hydrogen (secondary N) is 2. The fraction of sp³-hybridized carbons (Fsp3) is 0.583. The van der Waals surface area contributed by atoms with Crippen LogP contribution in [0.2, 0.25) is 0 Å². The third kappa shape index (κ3) is 5.01. The van der Waals surface area contributed by atoms with Crippen molar-refractivity contribution in [2.45, 2.75) is 31.7 Å². The van der Waals surface area contributed by atoms with Crippen molar-refractivity contribution >= 4 is 15.8 Å². The number of unbranched alkanes of at least 4 members (excludes halogenated alkanes) is 1. The first kappa shape index (κ1) is 13.3. The number of hydrogen-bond donors (Lipinski definition) is 2. The molecule has 1 aliphatic rings. The summed E-state index contributed by atoms with van der Waals surface area (Å²) in [5.41, 5.74) is 0. The maximum atomic E-state index is 11.7. The minimum Gasteiger partial charge on any atom is -0.314 e. The summed E-state index contributed by atoms with van der Waals surface area (Å²) in [6.07, 6.45) is 5.65. The number of sulfonamides is 1. The van der Waals surface area contributed by atoms with Crippen molar-refractivity contribution in [1.29, 1.82) is 0 Å². The van der Waals surface area contributed by atoms with E-state index in [0.717, 1.165) is 13.0 Å². The smallest absolute Gasteiger partial charge is 0.233 e. The Morgan fingerprint density at radius 3 is 2.78 bits per heavy atom. The second-order valence-electron chi connectivity index (χ2n) is 4.57. The average molecular weight is 269 g/mol. The highest BCUT2D eigenvalue weighted by atomic mass is 32.2. The summed E-state index contributed by atoms with van der Waals surface area (Å²) >= 11 is 0. The molecule has 1 aromatic rings. The first-order valence-corrected chi connectivity index (χ1v) is 7.96. The Morgan fingerprint density at radius 2 is 2.11 bits per heavy atom. The molecule has 0 radical (unpaired) electrons. The molecule has 2 rings (SSSR count). The van der Waals surface area contributed by atoms with Crippen LogP contribution in [0.25, 0.3) is 0 Å². The zero-order chi connectivity index (χ0) is 12.8. The third-order valence-corrected chi connectivity index (χ3v) is 4.12. The van der Waals surface area contributed by atoms with E-state index in [0.29, 0.717) is 18.3 Å². The molecular weight excluding hydrogens is 250 g/mol. The molecule has 100 valence electrons. The SMILES string of the molecule is O=S(=O)(CCCCNC1CC1)Nc1ccccn1. The molecular formula is C12H19N3O2S. The fourth-order valence-electron chi connectivity index (χ4n) is 1.64. The lowest BCUT2D eigenvalue weighted by Gasteiger charge is -2.07. The van der Waals surface area contributed by atoms with Crippen molar-refractivity contribution in [3.63, 3.8) is 0 Å². The Morgan fingerprint density at radius 1 is 1.28 bits per heavy atom. The highest BCUT2D eigenvalue weighted by Crippen LogP contribution is 2.18. The number of anilines is 1. The van der Waals surface area contributed by atoms with Gasteiger partial charge < -0.3 is 5.32 Å². The normalized spacial score (nSPS) is 15.6. The van der Waals surface area contributed by atoms with Crippen LogP contribution in [0, 0.1) is 0 Å². The van der Waals surface area contributed by atoms with E-state index in [2.05, 4.69) is 15.0 Å². The second kappa shape index (κ2) is 6.15. The lowest BCUT2D eigenvalue weighted by molar-refractivity contribution is 0.590. The van der Waals surface area contributed by atoms with Crippen molar-refractivity contribution in [2.75, 3.05) is 17.0 Å². The van der Waals surface area contributed by atoms with Gasteiger partial charge in [-0.2, -0.15) is 0 Å². The van der Waals surface area contributed by atoms with Crippen molar-refractivity contribution in [1.82, 2.24) is 10.3 Å². The quantitative estimate of drug-likeness (QED) is 0.699. The molecule has 18 heavy (non-hydrogen) atoms. The molecule has 2 N–H and O–H groups in total. The lowest BCUT2D eigenvalue weighted by Crippen LogP contribution is -2.20. The highest BCUT2D eigenvalue weighted by molar-refractivity contribution is 7.92. The maximum absolute atomic E-state index is 11.7. The Kier molecular flexibility index (Phi) is 4.54. The van der Waals surface area contributed by atoms with Gasteiger partial charge in [0.2, 0.25) is 10.0 Å². The van der Waals surface area contributed by atoms with Gasteiger partial charge in [-0.1, -0.05) is 6.07 Å². The molecule has 0 bridgehead atoms. The van der Waals surface area contributed by atoms with Gasteiger partial charge in [0.15, 0.2) is 0 Å². The molecule has 5 nitrogen and oxygen atoms in total. The second-order valence-corrected chi connectivity index (χ2v) is 6.41. The van der Waals surface area contributed by atoms with E-state index >= 15 is 0 Å². The number of nitrogens with zero attached hydrogens (tertiary/aromatic N) is 1. The van der Waals surface area contributed by atoms with Crippen molar-refractivity contribution in [3.8, 4) is 0 Å². The highest BCUT2D eigenvalue weighted by Gasteiger charge is 2.19. The van der Waals surface area contributed by atoms with Gasteiger partial charge >= 0.3 is 0 Å². The number of hydrogen-bond acceptors (Lipinski definition) is 4. The van der Waals surface area contributed by atoms with Crippen molar-refractivity contribution in [3.05, 3.63) is 24.4 Å². The van der Waals surface area contributed by atoms with Crippen molar-refractivity contribution < 1.29 is 8.42 Å². The molecule has 0 amide bonds. The molecule has 0 unspecified atom stereocenters. The van der Waals surface area contributed by atoms with E-state index in [1.54, 1.807) is 24.4 Å². The standard InChI is InChI=1S/C12H19N3O2S/c16-18(17,15-12-5-1-2-9-14-12)10-4-3-8-13-11-6-7-11/h1-2,5,9,11,13H,3-4,6-8,10H2,(H,14,15). The Bertz CT molecular complexity index is 457. The molecule has 0 atom stereocenters. The maximum Gasteiger partial charge on any atom is 0.233 e. The monoisotopic (exact) mass is 269 g/mol. The first-order chi connectivity index (χ1) is 8.66. The van der Waals surface area contributed by atoms with Gasteiger partial charge in [0.1, 0.15) is 5.82 Å². The van der Waals surface area contributed by atoms with E-state index in [4.69, 9.17) is 0 Å². The van der Waals surface area contributed by atoms with Crippen LogP contribution in [0.3, 0.4) is 0 Å². The molecule has 1 saturated carbocycles. The molecule has 0 aliphatic heterocycles. The summed E-state index contributed by atoms with van der Waals surface area (Å²) in [6.45, 7) is 0.907. The molecule has 1 fully saturated rings. The molecule has 6 heteroatoms. The van der Waals surface area contributed by atoms with Gasteiger partial charge in [0.25, 0.3) is 0 Å². The minimum atomic E-state index is -3.26. The van der Waals surface area contributed by atoms with Crippen LogP contribution >= 0.6 is 0 Å². The summed E-state index contributed by atoms with van der Waals surface area (Å²) in [7, 11) is -3.26. The van der Waals surface area contributed by atoms with Gasteiger partial charge in [-0.25, -0.2) is 13.4 Å².